The molecule has 2 aromatic rings. The maximum atomic E-state index is 12.8. The van der Waals surface area contributed by atoms with E-state index < -0.39 is 6.04 Å². The Morgan fingerprint density at radius 2 is 1.69 bits per heavy atom. The number of amides is 3. The molecule has 0 saturated carbocycles. The second-order valence-electron chi connectivity index (χ2n) is 7.88. The molecule has 2 unspecified atom stereocenters. The molecule has 0 radical (unpaired) electrons. The van der Waals surface area contributed by atoms with Crippen molar-refractivity contribution < 1.29 is 9.59 Å². The van der Waals surface area contributed by atoms with E-state index in [1.165, 1.54) is 0 Å². The van der Waals surface area contributed by atoms with Crippen molar-refractivity contribution in [3.63, 3.8) is 0 Å². The van der Waals surface area contributed by atoms with Crippen LogP contribution in [-0.4, -0.2) is 36.5 Å². The molecule has 6 nitrogen and oxygen atoms in total. The largest absolute Gasteiger partial charge is 0.341 e. The van der Waals surface area contributed by atoms with Gasteiger partial charge in [-0.15, -0.1) is 0 Å². The molecule has 1 heterocycles. The van der Waals surface area contributed by atoms with Crippen LogP contribution in [0.2, 0.25) is 0 Å². The topological polar surface area (TPSA) is 87.5 Å². The third kappa shape index (κ3) is 5.81. The van der Waals surface area contributed by atoms with Crippen LogP contribution in [0.1, 0.15) is 35.6 Å². The van der Waals surface area contributed by atoms with Crippen LogP contribution < -0.4 is 16.4 Å². The van der Waals surface area contributed by atoms with Crippen LogP contribution in [0.4, 0.5) is 10.5 Å². The molecular formula is C23H30N4O2. The summed E-state index contributed by atoms with van der Waals surface area (Å²) in [5.41, 5.74) is 10.1. The standard InChI is InChI=1S/C23H30N4O2/c1-16-5-9-19(10-6-16)21(24)22(28)27-13-3-4-18(15-27)14-25-23(29)26-20-11-7-17(2)8-12-20/h5-12,18,21H,3-4,13-15,24H2,1-2H3,(H2,25,26,29). The Labute approximate surface area is 172 Å². The fourth-order valence-electron chi connectivity index (χ4n) is 3.59. The summed E-state index contributed by atoms with van der Waals surface area (Å²) in [7, 11) is 0. The van der Waals surface area contributed by atoms with Crippen molar-refractivity contribution in [2.45, 2.75) is 32.7 Å². The minimum atomic E-state index is -0.646. The first-order chi connectivity index (χ1) is 13.9. The number of aryl methyl sites for hydroxylation is 2. The Hall–Kier alpha value is -2.86. The fraction of sp³-hybridized carbons (Fsp3) is 0.391. The number of benzene rings is 2. The van der Waals surface area contributed by atoms with Crippen molar-refractivity contribution in [3.05, 3.63) is 65.2 Å². The van der Waals surface area contributed by atoms with Crippen LogP contribution in [0.5, 0.6) is 0 Å². The molecular weight excluding hydrogens is 364 g/mol. The summed E-state index contributed by atoms with van der Waals surface area (Å²) in [6.07, 6.45) is 1.90. The highest BCUT2D eigenvalue weighted by molar-refractivity contribution is 5.89. The van der Waals surface area contributed by atoms with Gasteiger partial charge in [0.25, 0.3) is 0 Å². The molecule has 2 atom stereocenters. The minimum Gasteiger partial charge on any atom is -0.341 e. The number of likely N-dealkylation sites (tertiary alicyclic amines) is 1. The molecule has 1 aliphatic rings. The van der Waals surface area contributed by atoms with Gasteiger partial charge >= 0.3 is 6.03 Å². The smallest absolute Gasteiger partial charge is 0.319 e. The third-order valence-electron chi connectivity index (χ3n) is 5.39. The second kappa shape index (κ2) is 9.56. The lowest BCUT2D eigenvalue weighted by atomic mass is 9.96. The number of carbonyl (C=O) groups excluding carboxylic acids is 2. The average molecular weight is 395 g/mol. The summed E-state index contributed by atoms with van der Waals surface area (Å²) in [5, 5.41) is 5.76. The Morgan fingerprint density at radius 3 is 2.34 bits per heavy atom. The van der Waals surface area contributed by atoms with E-state index in [0.717, 1.165) is 35.2 Å². The molecule has 1 saturated heterocycles. The monoisotopic (exact) mass is 394 g/mol. The maximum Gasteiger partial charge on any atom is 0.319 e. The van der Waals surface area contributed by atoms with E-state index in [0.29, 0.717) is 19.6 Å². The molecule has 1 fully saturated rings. The average Bonchev–Trinajstić information content (AvgIpc) is 2.73. The van der Waals surface area contributed by atoms with E-state index in [-0.39, 0.29) is 17.9 Å². The van der Waals surface area contributed by atoms with Gasteiger partial charge in [0.05, 0.1) is 0 Å². The van der Waals surface area contributed by atoms with Gasteiger partial charge in [-0.1, -0.05) is 47.5 Å². The number of anilines is 1. The van der Waals surface area contributed by atoms with Crippen LogP contribution in [0.3, 0.4) is 0 Å². The summed E-state index contributed by atoms with van der Waals surface area (Å²) in [6.45, 7) is 5.87. The fourth-order valence-corrected chi connectivity index (χ4v) is 3.59. The van der Waals surface area contributed by atoms with Gasteiger partial charge in [0.1, 0.15) is 6.04 Å². The molecule has 0 spiro atoms. The zero-order valence-electron chi connectivity index (χ0n) is 17.2. The number of hydrogen-bond donors (Lipinski definition) is 3. The van der Waals surface area contributed by atoms with Crippen LogP contribution in [0.15, 0.2) is 48.5 Å². The first-order valence-corrected chi connectivity index (χ1v) is 10.1. The number of nitrogens with two attached hydrogens (primary N) is 1. The van der Waals surface area contributed by atoms with E-state index in [9.17, 15) is 9.59 Å². The third-order valence-corrected chi connectivity index (χ3v) is 5.39. The highest BCUT2D eigenvalue weighted by atomic mass is 16.2. The number of urea groups is 1. The number of carbonyl (C=O) groups is 2. The van der Waals surface area contributed by atoms with E-state index in [1.807, 2.05) is 67.3 Å². The lowest BCUT2D eigenvalue weighted by molar-refractivity contribution is -0.134. The number of hydrogen-bond acceptors (Lipinski definition) is 3. The summed E-state index contributed by atoms with van der Waals surface area (Å²) in [6, 6.07) is 14.6. The summed E-state index contributed by atoms with van der Waals surface area (Å²) in [4.78, 5) is 26.8. The van der Waals surface area contributed by atoms with Crippen molar-refractivity contribution >= 4 is 17.6 Å². The van der Waals surface area contributed by atoms with Crippen LogP contribution in [-0.2, 0) is 4.79 Å². The lowest BCUT2D eigenvalue weighted by Gasteiger charge is -2.34. The molecule has 3 rings (SSSR count). The molecule has 6 heteroatoms. The van der Waals surface area contributed by atoms with Gasteiger partial charge in [0.2, 0.25) is 5.91 Å². The number of rotatable bonds is 5. The van der Waals surface area contributed by atoms with Gasteiger partial charge in [-0.25, -0.2) is 4.79 Å². The molecule has 0 aliphatic carbocycles. The normalized spacial score (nSPS) is 17.5. The van der Waals surface area contributed by atoms with Gasteiger partial charge in [-0.2, -0.15) is 0 Å². The quantitative estimate of drug-likeness (QED) is 0.727. The van der Waals surface area contributed by atoms with Crippen LogP contribution in [0, 0.1) is 19.8 Å². The Morgan fingerprint density at radius 1 is 1.07 bits per heavy atom. The van der Waals surface area contributed by atoms with Gasteiger partial charge < -0.3 is 21.3 Å². The highest BCUT2D eigenvalue weighted by Gasteiger charge is 2.28. The van der Waals surface area contributed by atoms with Crippen molar-refractivity contribution in [1.29, 1.82) is 0 Å². The number of nitrogens with zero attached hydrogens (tertiary/aromatic N) is 1. The Bertz CT molecular complexity index is 833. The molecule has 4 N–H and O–H groups in total. The Kier molecular flexibility index (Phi) is 6.88. The predicted molar refractivity (Wildman–Crippen MR) is 116 cm³/mol. The van der Waals surface area contributed by atoms with E-state index in [1.54, 1.807) is 0 Å². The second-order valence-corrected chi connectivity index (χ2v) is 7.88. The van der Waals surface area contributed by atoms with Crippen molar-refractivity contribution in [2.24, 2.45) is 11.7 Å². The highest BCUT2D eigenvalue weighted by Crippen LogP contribution is 2.21. The van der Waals surface area contributed by atoms with E-state index >= 15 is 0 Å². The molecule has 29 heavy (non-hydrogen) atoms. The van der Waals surface area contributed by atoms with E-state index in [4.69, 9.17) is 5.73 Å². The summed E-state index contributed by atoms with van der Waals surface area (Å²) >= 11 is 0. The van der Waals surface area contributed by atoms with Crippen molar-refractivity contribution in [3.8, 4) is 0 Å². The van der Waals surface area contributed by atoms with Crippen LogP contribution in [0.25, 0.3) is 0 Å². The molecule has 1 aliphatic heterocycles. The molecule has 3 amide bonds. The lowest BCUT2D eigenvalue weighted by Crippen LogP contribution is -2.47. The zero-order valence-corrected chi connectivity index (χ0v) is 17.2. The molecule has 0 bridgehead atoms. The number of piperidine rings is 1. The SMILES string of the molecule is Cc1ccc(NC(=O)NCC2CCCN(C(=O)C(N)c3ccc(C)cc3)C2)cc1. The van der Waals surface area contributed by atoms with Crippen molar-refractivity contribution in [2.75, 3.05) is 25.0 Å². The van der Waals surface area contributed by atoms with Gasteiger partial charge in [0, 0.05) is 25.3 Å². The number of nitrogens with one attached hydrogen (secondary N) is 2. The summed E-state index contributed by atoms with van der Waals surface area (Å²) in [5.74, 6) is 0.171. The zero-order chi connectivity index (χ0) is 20.8. The Balaban J connectivity index is 1.49. The van der Waals surface area contributed by atoms with Gasteiger partial charge in [-0.05, 0) is 50.3 Å². The minimum absolute atomic E-state index is 0.0531. The van der Waals surface area contributed by atoms with Crippen LogP contribution >= 0.6 is 0 Å². The maximum absolute atomic E-state index is 12.8. The van der Waals surface area contributed by atoms with E-state index in [2.05, 4.69) is 10.6 Å². The first-order valence-electron chi connectivity index (χ1n) is 10.1. The molecule has 154 valence electrons. The molecule has 0 aromatic heterocycles. The van der Waals surface area contributed by atoms with Gasteiger partial charge in [-0.3, -0.25) is 4.79 Å². The predicted octanol–water partition coefficient (Wildman–Crippen LogP) is 3.36. The molecule has 2 aromatic carbocycles. The first kappa shape index (κ1) is 20.9. The van der Waals surface area contributed by atoms with Crippen molar-refractivity contribution in [1.82, 2.24) is 10.2 Å². The van der Waals surface area contributed by atoms with Gasteiger partial charge in [0.15, 0.2) is 0 Å². The summed E-state index contributed by atoms with van der Waals surface area (Å²) < 4.78 is 0.